The second kappa shape index (κ2) is 9.85. The SMILES string of the molecule is CCN(CC)c1ccccc1.OB(O)Oc1ccccc1. The topological polar surface area (TPSA) is 52.9 Å². The highest BCUT2D eigenvalue weighted by atomic mass is 16.6. The molecule has 0 atom stereocenters. The molecule has 112 valence electrons. The van der Waals surface area contributed by atoms with Crippen LogP contribution in [0.5, 0.6) is 5.75 Å². The van der Waals surface area contributed by atoms with E-state index in [0.717, 1.165) is 13.1 Å². The molecule has 0 saturated carbocycles. The molecule has 0 fully saturated rings. The lowest BCUT2D eigenvalue weighted by Gasteiger charge is -2.20. The van der Waals surface area contributed by atoms with E-state index in [-0.39, 0.29) is 0 Å². The van der Waals surface area contributed by atoms with E-state index in [2.05, 4.69) is 47.7 Å². The molecule has 0 unspecified atom stereocenters. The second-order valence-corrected chi connectivity index (χ2v) is 4.27. The number of anilines is 1. The Morgan fingerprint density at radius 3 is 1.76 bits per heavy atom. The molecule has 0 bridgehead atoms. The molecule has 0 amide bonds. The highest BCUT2D eigenvalue weighted by molar-refractivity contribution is 6.33. The minimum absolute atomic E-state index is 0.442. The second-order valence-electron chi connectivity index (χ2n) is 4.27. The zero-order valence-corrected chi connectivity index (χ0v) is 12.5. The zero-order chi connectivity index (χ0) is 15.5. The minimum Gasteiger partial charge on any atom is -0.512 e. The van der Waals surface area contributed by atoms with Crippen molar-refractivity contribution in [2.75, 3.05) is 18.0 Å². The smallest absolute Gasteiger partial charge is 0.512 e. The van der Waals surface area contributed by atoms with E-state index >= 15 is 0 Å². The van der Waals surface area contributed by atoms with Crippen LogP contribution >= 0.6 is 0 Å². The van der Waals surface area contributed by atoms with Crippen LogP contribution in [0.25, 0.3) is 0 Å². The number of hydrogen-bond acceptors (Lipinski definition) is 4. The molecule has 2 N–H and O–H groups in total. The minimum atomic E-state index is -1.73. The van der Waals surface area contributed by atoms with Crippen molar-refractivity contribution in [3.63, 3.8) is 0 Å². The lowest BCUT2D eigenvalue weighted by molar-refractivity contribution is 0.288. The van der Waals surface area contributed by atoms with Crippen LogP contribution in [0.15, 0.2) is 60.7 Å². The van der Waals surface area contributed by atoms with Gasteiger partial charge in [0.15, 0.2) is 0 Å². The Morgan fingerprint density at radius 1 is 0.857 bits per heavy atom. The predicted molar refractivity (Wildman–Crippen MR) is 87.3 cm³/mol. The number of para-hydroxylation sites is 2. The Balaban J connectivity index is 0.000000211. The molecule has 4 nitrogen and oxygen atoms in total. The highest BCUT2D eigenvalue weighted by Gasteiger charge is 2.09. The Kier molecular flexibility index (Phi) is 8.01. The van der Waals surface area contributed by atoms with Crippen LogP contribution in [0.3, 0.4) is 0 Å². The summed E-state index contributed by atoms with van der Waals surface area (Å²) in [7, 11) is -1.73. The van der Waals surface area contributed by atoms with Gasteiger partial charge in [0.1, 0.15) is 5.75 Å². The van der Waals surface area contributed by atoms with Gasteiger partial charge in [-0.3, -0.25) is 0 Å². The van der Waals surface area contributed by atoms with Crippen LogP contribution in [-0.4, -0.2) is 30.5 Å². The largest absolute Gasteiger partial charge is 0.707 e. The number of rotatable bonds is 5. The van der Waals surface area contributed by atoms with Crippen molar-refractivity contribution in [3.8, 4) is 5.75 Å². The molecule has 0 aliphatic heterocycles. The molecule has 0 aliphatic rings. The molecule has 0 saturated heterocycles. The van der Waals surface area contributed by atoms with Crippen molar-refractivity contribution >= 4 is 13.0 Å². The summed E-state index contributed by atoms with van der Waals surface area (Å²) in [5.74, 6) is 0.442. The normalized spacial score (nSPS) is 9.33. The summed E-state index contributed by atoms with van der Waals surface area (Å²) in [6.07, 6.45) is 0. The van der Waals surface area contributed by atoms with Gasteiger partial charge >= 0.3 is 7.32 Å². The third-order valence-electron chi connectivity index (χ3n) is 2.87. The van der Waals surface area contributed by atoms with E-state index < -0.39 is 7.32 Å². The van der Waals surface area contributed by atoms with Crippen LogP contribution in [0.2, 0.25) is 0 Å². The Labute approximate surface area is 126 Å². The van der Waals surface area contributed by atoms with E-state index in [9.17, 15) is 0 Å². The third-order valence-corrected chi connectivity index (χ3v) is 2.87. The predicted octanol–water partition coefficient (Wildman–Crippen LogP) is 2.57. The van der Waals surface area contributed by atoms with Crippen LogP contribution in [0.4, 0.5) is 5.69 Å². The van der Waals surface area contributed by atoms with E-state index in [4.69, 9.17) is 10.0 Å². The lowest BCUT2D eigenvalue weighted by atomic mass is 10.2. The molecule has 0 aliphatic carbocycles. The first-order valence-corrected chi connectivity index (χ1v) is 7.05. The van der Waals surface area contributed by atoms with E-state index in [1.54, 1.807) is 24.3 Å². The van der Waals surface area contributed by atoms with Crippen molar-refractivity contribution in [2.24, 2.45) is 0 Å². The van der Waals surface area contributed by atoms with Gasteiger partial charge in [0.05, 0.1) is 0 Å². The summed E-state index contributed by atoms with van der Waals surface area (Å²) >= 11 is 0. The van der Waals surface area contributed by atoms with Crippen molar-refractivity contribution in [1.82, 2.24) is 0 Å². The average Bonchev–Trinajstić information content (AvgIpc) is 2.51. The average molecular weight is 287 g/mol. The fourth-order valence-electron chi connectivity index (χ4n) is 1.85. The van der Waals surface area contributed by atoms with E-state index in [1.807, 2.05) is 12.1 Å². The van der Waals surface area contributed by atoms with Gasteiger partial charge in [-0.25, -0.2) is 0 Å². The molecule has 2 rings (SSSR count). The Bertz CT molecular complexity index is 475. The van der Waals surface area contributed by atoms with Crippen molar-refractivity contribution in [3.05, 3.63) is 60.7 Å². The fraction of sp³-hybridized carbons (Fsp3) is 0.250. The van der Waals surface area contributed by atoms with Crippen molar-refractivity contribution in [1.29, 1.82) is 0 Å². The van der Waals surface area contributed by atoms with Gasteiger partial charge < -0.3 is 19.6 Å². The fourth-order valence-corrected chi connectivity index (χ4v) is 1.85. The summed E-state index contributed by atoms with van der Waals surface area (Å²) in [6, 6.07) is 19.1. The number of nitrogens with zero attached hydrogens (tertiary/aromatic N) is 1. The first-order valence-electron chi connectivity index (χ1n) is 7.05. The molecule has 2 aromatic carbocycles. The van der Waals surface area contributed by atoms with E-state index in [0.29, 0.717) is 5.75 Å². The molecule has 2 aromatic rings. The number of hydrogen-bond donors (Lipinski definition) is 2. The highest BCUT2D eigenvalue weighted by Crippen LogP contribution is 2.11. The van der Waals surface area contributed by atoms with Crippen LogP contribution in [0, 0.1) is 0 Å². The summed E-state index contributed by atoms with van der Waals surface area (Å²) in [5.41, 5.74) is 1.32. The van der Waals surface area contributed by atoms with Crippen LogP contribution in [0.1, 0.15) is 13.8 Å². The van der Waals surface area contributed by atoms with E-state index in [1.165, 1.54) is 5.69 Å². The summed E-state index contributed by atoms with van der Waals surface area (Å²) in [5, 5.41) is 16.7. The maximum absolute atomic E-state index is 8.34. The molecule has 21 heavy (non-hydrogen) atoms. The maximum Gasteiger partial charge on any atom is 0.707 e. The molecule has 0 spiro atoms. The lowest BCUT2D eigenvalue weighted by Crippen LogP contribution is -2.21. The van der Waals surface area contributed by atoms with Crippen LogP contribution < -0.4 is 9.55 Å². The molecule has 0 radical (unpaired) electrons. The monoisotopic (exact) mass is 287 g/mol. The maximum atomic E-state index is 8.34. The molecular formula is C16H22BNO3. The zero-order valence-electron chi connectivity index (χ0n) is 12.5. The Morgan fingerprint density at radius 2 is 1.33 bits per heavy atom. The van der Waals surface area contributed by atoms with Crippen molar-refractivity contribution < 1.29 is 14.7 Å². The molecular weight excluding hydrogens is 265 g/mol. The van der Waals surface area contributed by atoms with Gasteiger partial charge in [-0.1, -0.05) is 36.4 Å². The van der Waals surface area contributed by atoms with Gasteiger partial charge in [0.2, 0.25) is 0 Å². The molecule has 5 heteroatoms. The van der Waals surface area contributed by atoms with Gasteiger partial charge in [-0.2, -0.15) is 0 Å². The van der Waals surface area contributed by atoms with Gasteiger partial charge in [-0.15, -0.1) is 0 Å². The van der Waals surface area contributed by atoms with Gasteiger partial charge in [0.25, 0.3) is 0 Å². The summed E-state index contributed by atoms with van der Waals surface area (Å²) < 4.78 is 4.53. The first-order chi connectivity index (χ1) is 10.2. The molecule has 0 aromatic heterocycles. The van der Waals surface area contributed by atoms with Gasteiger partial charge in [-0.05, 0) is 38.1 Å². The third kappa shape index (κ3) is 6.83. The number of benzene rings is 2. The first kappa shape index (κ1) is 17.1. The summed E-state index contributed by atoms with van der Waals surface area (Å²) in [4.78, 5) is 2.33. The molecule has 0 heterocycles. The standard InChI is InChI=1S/C10H15N.C6H7BO3/c1-3-11(4-2)10-8-6-5-7-9-10;8-7(9)10-6-4-2-1-3-5-6/h5-9H,3-4H2,1-2H3;1-5,8-9H. The Hall–Kier alpha value is -1.98. The van der Waals surface area contributed by atoms with Crippen LogP contribution in [-0.2, 0) is 0 Å². The summed E-state index contributed by atoms with van der Waals surface area (Å²) in [6.45, 7) is 6.52. The van der Waals surface area contributed by atoms with Crippen molar-refractivity contribution in [2.45, 2.75) is 13.8 Å². The van der Waals surface area contributed by atoms with Gasteiger partial charge in [0, 0.05) is 18.8 Å². The quantitative estimate of drug-likeness (QED) is 0.830.